The Kier molecular flexibility index (Phi) is 5.97. The minimum Gasteiger partial charge on any atom is -0.356 e. The molecule has 1 aromatic rings. The van der Waals surface area contributed by atoms with Gasteiger partial charge in [-0.3, -0.25) is 4.79 Å². The maximum Gasteiger partial charge on any atom is 0.261 e. The van der Waals surface area contributed by atoms with E-state index < -0.39 is 10.0 Å². The van der Waals surface area contributed by atoms with Crippen molar-refractivity contribution in [3.8, 4) is 0 Å². The molecule has 114 valence electrons. The number of halogens is 1. The van der Waals surface area contributed by atoms with E-state index in [1.54, 1.807) is 7.05 Å². The van der Waals surface area contributed by atoms with Crippen molar-refractivity contribution in [2.24, 2.45) is 13.0 Å². The summed E-state index contributed by atoms with van der Waals surface area (Å²) in [5.41, 5.74) is 0. The van der Waals surface area contributed by atoms with E-state index in [-0.39, 0.29) is 29.1 Å². The maximum absolute atomic E-state index is 11.9. The van der Waals surface area contributed by atoms with Crippen LogP contribution in [0, 0.1) is 5.92 Å². The summed E-state index contributed by atoms with van der Waals surface area (Å²) in [6.07, 6.45) is 1.38. The second kappa shape index (κ2) is 7.05. The standard InChI is InChI=1S/C11H19ClN4O3S/c1-8(2)6-13-9(17)4-5-15-20(18,19)11-10(12)16(3)7-14-11/h7-8,15H,4-6H2,1-3H3,(H,13,17). The average molecular weight is 323 g/mol. The summed E-state index contributed by atoms with van der Waals surface area (Å²) < 4.78 is 27.5. The Balaban J connectivity index is 2.49. The van der Waals surface area contributed by atoms with Crippen molar-refractivity contribution < 1.29 is 13.2 Å². The van der Waals surface area contributed by atoms with Gasteiger partial charge in [-0.05, 0) is 5.92 Å². The number of hydrogen-bond donors (Lipinski definition) is 2. The van der Waals surface area contributed by atoms with Crippen LogP contribution in [0.5, 0.6) is 0 Å². The predicted molar refractivity (Wildman–Crippen MR) is 75.9 cm³/mol. The van der Waals surface area contributed by atoms with Crippen molar-refractivity contribution in [2.75, 3.05) is 13.1 Å². The monoisotopic (exact) mass is 322 g/mol. The van der Waals surface area contributed by atoms with E-state index in [2.05, 4.69) is 15.0 Å². The van der Waals surface area contributed by atoms with Crippen molar-refractivity contribution in [3.05, 3.63) is 11.5 Å². The molecule has 1 aromatic heterocycles. The second-order valence-corrected chi connectivity index (χ2v) is 6.84. The Morgan fingerprint density at radius 3 is 2.65 bits per heavy atom. The lowest BCUT2D eigenvalue weighted by Gasteiger charge is -2.08. The number of carbonyl (C=O) groups excluding carboxylic acids is 1. The molecule has 1 amide bonds. The lowest BCUT2D eigenvalue weighted by Crippen LogP contribution is -2.32. The quantitative estimate of drug-likeness (QED) is 0.765. The van der Waals surface area contributed by atoms with Gasteiger partial charge in [0.2, 0.25) is 10.9 Å². The van der Waals surface area contributed by atoms with E-state index in [1.807, 2.05) is 13.8 Å². The van der Waals surface area contributed by atoms with Crippen LogP contribution in [0.1, 0.15) is 20.3 Å². The molecule has 0 fully saturated rings. The number of carbonyl (C=O) groups is 1. The van der Waals surface area contributed by atoms with Crippen LogP contribution >= 0.6 is 11.6 Å². The minimum atomic E-state index is -3.79. The number of rotatable bonds is 7. The van der Waals surface area contributed by atoms with Crippen LogP contribution in [0.15, 0.2) is 11.4 Å². The number of aromatic nitrogens is 2. The first-order valence-corrected chi connectivity index (χ1v) is 8.03. The van der Waals surface area contributed by atoms with Gasteiger partial charge in [0.15, 0.2) is 0 Å². The number of sulfonamides is 1. The minimum absolute atomic E-state index is 0.000828. The highest BCUT2D eigenvalue weighted by atomic mass is 35.5. The highest BCUT2D eigenvalue weighted by Gasteiger charge is 2.21. The number of aryl methyl sites for hydroxylation is 1. The van der Waals surface area contributed by atoms with E-state index in [0.717, 1.165) is 0 Å². The summed E-state index contributed by atoms with van der Waals surface area (Å²) >= 11 is 5.82. The molecule has 0 spiro atoms. The Bertz CT molecular complexity index is 568. The molecule has 0 unspecified atom stereocenters. The smallest absolute Gasteiger partial charge is 0.261 e. The van der Waals surface area contributed by atoms with Crippen LogP contribution in [0.3, 0.4) is 0 Å². The molecular formula is C11H19ClN4O3S. The molecule has 2 N–H and O–H groups in total. The largest absolute Gasteiger partial charge is 0.356 e. The SMILES string of the molecule is CC(C)CNC(=O)CCNS(=O)(=O)c1ncn(C)c1Cl. The summed E-state index contributed by atoms with van der Waals surface area (Å²) in [4.78, 5) is 15.2. The van der Waals surface area contributed by atoms with Gasteiger partial charge in [-0.25, -0.2) is 18.1 Å². The molecule has 0 saturated heterocycles. The van der Waals surface area contributed by atoms with Crippen LogP contribution in [0.25, 0.3) is 0 Å². The Morgan fingerprint density at radius 2 is 2.15 bits per heavy atom. The summed E-state index contributed by atoms with van der Waals surface area (Å²) in [7, 11) is -2.20. The molecule has 0 aromatic carbocycles. The van der Waals surface area contributed by atoms with Gasteiger partial charge in [0, 0.05) is 26.6 Å². The summed E-state index contributed by atoms with van der Waals surface area (Å²) in [6.45, 7) is 4.52. The molecule has 0 saturated carbocycles. The van der Waals surface area contributed by atoms with Crippen LogP contribution in [-0.2, 0) is 21.9 Å². The maximum atomic E-state index is 11.9. The average Bonchev–Trinajstić information content (AvgIpc) is 2.68. The Labute approximate surface area is 123 Å². The predicted octanol–water partition coefficient (Wildman–Crippen LogP) is 0.514. The molecule has 0 aliphatic rings. The van der Waals surface area contributed by atoms with Crippen molar-refractivity contribution >= 4 is 27.5 Å². The zero-order valence-corrected chi connectivity index (χ0v) is 13.3. The van der Waals surface area contributed by atoms with Gasteiger partial charge in [0.1, 0.15) is 5.15 Å². The molecule has 9 heteroatoms. The number of imidazole rings is 1. The fourth-order valence-corrected chi connectivity index (χ4v) is 2.80. The molecule has 0 aliphatic carbocycles. The lowest BCUT2D eigenvalue weighted by atomic mass is 10.2. The fraction of sp³-hybridized carbons (Fsp3) is 0.636. The van der Waals surface area contributed by atoms with Crippen molar-refractivity contribution in [2.45, 2.75) is 25.3 Å². The van der Waals surface area contributed by atoms with Gasteiger partial charge in [-0.1, -0.05) is 25.4 Å². The second-order valence-electron chi connectivity index (χ2n) is 4.80. The van der Waals surface area contributed by atoms with Crippen LogP contribution in [-0.4, -0.2) is 37.0 Å². The molecule has 7 nitrogen and oxygen atoms in total. The first kappa shape index (κ1) is 16.9. The van der Waals surface area contributed by atoms with Crippen molar-refractivity contribution in [3.63, 3.8) is 0 Å². The van der Waals surface area contributed by atoms with Crippen LogP contribution < -0.4 is 10.0 Å². The third-order valence-corrected chi connectivity index (χ3v) is 4.39. The number of nitrogens with one attached hydrogen (secondary N) is 2. The van der Waals surface area contributed by atoms with Gasteiger partial charge in [0.05, 0.1) is 6.33 Å². The normalized spacial score (nSPS) is 11.8. The topological polar surface area (TPSA) is 93.1 Å². The molecule has 0 atom stereocenters. The van der Waals surface area contributed by atoms with Gasteiger partial charge < -0.3 is 9.88 Å². The summed E-state index contributed by atoms with van der Waals surface area (Å²) in [5, 5.41) is 2.50. The third kappa shape index (κ3) is 4.77. The van der Waals surface area contributed by atoms with E-state index in [9.17, 15) is 13.2 Å². The first-order chi connectivity index (χ1) is 9.24. The number of nitrogens with zero attached hydrogens (tertiary/aromatic N) is 2. The molecule has 20 heavy (non-hydrogen) atoms. The van der Waals surface area contributed by atoms with Gasteiger partial charge >= 0.3 is 0 Å². The van der Waals surface area contributed by atoms with Gasteiger partial charge in [-0.15, -0.1) is 0 Å². The van der Waals surface area contributed by atoms with E-state index >= 15 is 0 Å². The molecular weight excluding hydrogens is 304 g/mol. The molecule has 0 radical (unpaired) electrons. The third-order valence-electron chi connectivity index (χ3n) is 2.44. The Morgan fingerprint density at radius 1 is 1.50 bits per heavy atom. The lowest BCUT2D eigenvalue weighted by molar-refractivity contribution is -0.121. The summed E-state index contributed by atoms with van der Waals surface area (Å²) in [6, 6.07) is 0. The highest BCUT2D eigenvalue weighted by molar-refractivity contribution is 7.89. The van der Waals surface area contributed by atoms with Crippen molar-refractivity contribution in [1.29, 1.82) is 0 Å². The molecule has 1 rings (SSSR count). The zero-order valence-electron chi connectivity index (χ0n) is 11.7. The van der Waals surface area contributed by atoms with E-state index in [1.165, 1.54) is 10.9 Å². The van der Waals surface area contributed by atoms with Crippen LogP contribution in [0.4, 0.5) is 0 Å². The van der Waals surface area contributed by atoms with Crippen molar-refractivity contribution in [1.82, 2.24) is 19.6 Å². The molecule has 0 bridgehead atoms. The summed E-state index contributed by atoms with van der Waals surface area (Å²) in [5.74, 6) is 0.150. The van der Waals surface area contributed by atoms with Gasteiger partial charge in [-0.2, -0.15) is 0 Å². The fourth-order valence-electron chi connectivity index (χ4n) is 1.35. The Hall–Kier alpha value is -1.12. The molecule has 0 aliphatic heterocycles. The number of hydrogen-bond acceptors (Lipinski definition) is 4. The van der Waals surface area contributed by atoms with Crippen LogP contribution in [0.2, 0.25) is 5.15 Å². The van der Waals surface area contributed by atoms with E-state index in [0.29, 0.717) is 12.5 Å². The zero-order chi connectivity index (χ0) is 15.3. The van der Waals surface area contributed by atoms with E-state index in [4.69, 9.17) is 11.6 Å². The molecule has 1 heterocycles. The first-order valence-electron chi connectivity index (χ1n) is 6.17. The highest BCUT2D eigenvalue weighted by Crippen LogP contribution is 2.17. The number of amides is 1. The van der Waals surface area contributed by atoms with Gasteiger partial charge in [0.25, 0.3) is 10.0 Å².